The maximum atomic E-state index is 11.7. The molecule has 1 heterocycles. The highest BCUT2D eigenvalue weighted by molar-refractivity contribution is 6.39. The van der Waals surface area contributed by atoms with Gasteiger partial charge in [0.15, 0.2) is 0 Å². The highest BCUT2D eigenvalue weighted by Crippen LogP contribution is 2.03. The fraction of sp³-hybridized carbons (Fsp3) is 0.133. The van der Waals surface area contributed by atoms with Crippen LogP contribution >= 0.6 is 0 Å². The smallest absolute Gasteiger partial charge is 0.314 e. The van der Waals surface area contributed by atoms with E-state index in [0.717, 1.165) is 11.3 Å². The van der Waals surface area contributed by atoms with E-state index in [4.69, 9.17) is 0 Å². The quantitative estimate of drug-likeness (QED) is 0.832. The number of rotatable bonds is 3. The van der Waals surface area contributed by atoms with Crippen molar-refractivity contribution >= 4 is 17.6 Å². The largest absolute Gasteiger partial charge is 0.344 e. The molecular weight excluding hydrogens is 254 g/mol. The van der Waals surface area contributed by atoms with Gasteiger partial charge in [-0.1, -0.05) is 36.4 Å². The fourth-order valence-corrected chi connectivity index (χ4v) is 1.64. The molecule has 0 atom stereocenters. The summed E-state index contributed by atoms with van der Waals surface area (Å²) in [6.07, 6.45) is 0. The Morgan fingerprint density at radius 1 is 1.00 bits per heavy atom. The zero-order chi connectivity index (χ0) is 14.4. The van der Waals surface area contributed by atoms with Crippen molar-refractivity contribution in [1.82, 2.24) is 10.3 Å². The van der Waals surface area contributed by atoms with Gasteiger partial charge >= 0.3 is 11.8 Å². The van der Waals surface area contributed by atoms with Crippen LogP contribution in [0.2, 0.25) is 0 Å². The molecule has 1 aromatic heterocycles. The first kappa shape index (κ1) is 13.7. The SMILES string of the molecule is Cc1cccc(NC(=O)C(=O)NCc2ccccc2)n1. The molecule has 5 heteroatoms. The number of carbonyl (C=O) groups excluding carboxylic acids is 2. The van der Waals surface area contributed by atoms with Gasteiger partial charge in [-0.3, -0.25) is 9.59 Å². The molecule has 0 fully saturated rings. The monoisotopic (exact) mass is 269 g/mol. The van der Waals surface area contributed by atoms with Gasteiger partial charge in [0.1, 0.15) is 5.82 Å². The van der Waals surface area contributed by atoms with E-state index < -0.39 is 11.8 Å². The zero-order valence-corrected chi connectivity index (χ0v) is 11.1. The van der Waals surface area contributed by atoms with E-state index >= 15 is 0 Å². The lowest BCUT2D eigenvalue weighted by Gasteiger charge is -2.06. The van der Waals surface area contributed by atoms with Gasteiger partial charge in [0.2, 0.25) is 0 Å². The van der Waals surface area contributed by atoms with Crippen LogP contribution in [0.25, 0.3) is 0 Å². The third kappa shape index (κ3) is 3.91. The van der Waals surface area contributed by atoms with E-state index in [0.29, 0.717) is 12.4 Å². The molecule has 102 valence electrons. The molecule has 0 aliphatic carbocycles. The molecule has 2 N–H and O–H groups in total. The molecule has 0 aliphatic rings. The number of aryl methyl sites for hydroxylation is 1. The van der Waals surface area contributed by atoms with Gasteiger partial charge in [0, 0.05) is 12.2 Å². The fourth-order valence-electron chi connectivity index (χ4n) is 1.64. The molecule has 1 aromatic carbocycles. The second kappa shape index (κ2) is 6.47. The molecule has 20 heavy (non-hydrogen) atoms. The molecule has 0 spiro atoms. The van der Waals surface area contributed by atoms with E-state index in [2.05, 4.69) is 15.6 Å². The van der Waals surface area contributed by atoms with Crippen molar-refractivity contribution in [2.24, 2.45) is 0 Å². The van der Waals surface area contributed by atoms with Crippen molar-refractivity contribution in [1.29, 1.82) is 0 Å². The normalized spacial score (nSPS) is 9.85. The van der Waals surface area contributed by atoms with E-state index in [9.17, 15) is 9.59 Å². The Bertz CT molecular complexity index is 612. The molecule has 0 radical (unpaired) electrons. The van der Waals surface area contributed by atoms with Crippen molar-refractivity contribution in [3.05, 3.63) is 59.8 Å². The lowest BCUT2D eigenvalue weighted by Crippen LogP contribution is -2.35. The van der Waals surface area contributed by atoms with Gasteiger partial charge in [0.05, 0.1) is 0 Å². The van der Waals surface area contributed by atoms with Crippen molar-refractivity contribution in [3.63, 3.8) is 0 Å². The Morgan fingerprint density at radius 3 is 2.45 bits per heavy atom. The van der Waals surface area contributed by atoms with Crippen LogP contribution in [0.5, 0.6) is 0 Å². The van der Waals surface area contributed by atoms with Gasteiger partial charge in [-0.15, -0.1) is 0 Å². The van der Waals surface area contributed by atoms with Crippen LogP contribution < -0.4 is 10.6 Å². The van der Waals surface area contributed by atoms with E-state index in [-0.39, 0.29) is 0 Å². The first-order valence-corrected chi connectivity index (χ1v) is 6.22. The van der Waals surface area contributed by atoms with Crippen LogP contribution in [0, 0.1) is 6.92 Å². The molecule has 2 aromatic rings. The summed E-state index contributed by atoms with van der Waals surface area (Å²) in [6, 6.07) is 14.6. The van der Waals surface area contributed by atoms with E-state index in [1.54, 1.807) is 12.1 Å². The number of hydrogen-bond donors (Lipinski definition) is 2. The number of nitrogens with one attached hydrogen (secondary N) is 2. The molecule has 2 amide bonds. The van der Waals surface area contributed by atoms with Gasteiger partial charge in [-0.05, 0) is 24.6 Å². The number of hydrogen-bond acceptors (Lipinski definition) is 3. The molecule has 0 bridgehead atoms. The summed E-state index contributed by atoms with van der Waals surface area (Å²) in [5, 5.41) is 5.01. The van der Waals surface area contributed by atoms with Crippen molar-refractivity contribution in [2.75, 3.05) is 5.32 Å². The van der Waals surface area contributed by atoms with Crippen LogP contribution in [0.1, 0.15) is 11.3 Å². The van der Waals surface area contributed by atoms with Crippen LogP contribution in [0.4, 0.5) is 5.82 Å². The Labute approximate surface area is 117 Å². The first-order chi connectivity index (χ1) is 9.65. The molecular formula is C15H15N3O2. The molecule has 2 rings (SSSR count). The van der Waals surface area contributed by atoms with Crippen LogP contribution in [-0.2, 0) is 16.1 Å². The lowest BCUT2D eigenvalue weighted by atomic mass is 10.2. The molecule has 0 unspecified atom stereocenters. The summed E-state index contributed by atoms with van der Waals surface area (Å²) in [6.45, 7) is 2.12. The average Bonchev–Trinajstić information content (AvgIpc) is 2.46. The summed E-state index contributed by atoms with van der Waals surface area (Å²) in [7, 11) is 0. The number of benzene rings is 1. The first-order valence-electron chi connectivity index (χ1n) is 6.22. The number of nitrogens with zero attached hydrogens (tertiary/aromatic N) is 1. The van der Waals surface area contributed by atoms with Gasteiger partial charge in [0.25, 0.3) is 0 Å². The summed E-state index contributed by atoms with van der Waals surface area (Å²) >= 11 is 0. The highest BCUT2D eigenvalue weighted by atomic mass is 16.2. The van der Waals surface area contributed by atoms with Crippen molar-refractivity contribution in [3.8, 4) is 0 Å². The summed E-state index contributed by atoms with van der Waals surface area (Å²) < 4.78 is 0. The zero-order valence-electron chi connectivity index (χ0n) is 11.1. The maximum absolute atomic E-state index is 11.7. The van der Waals surface area contributed by atoms with E-state index in [1.807, 2.05) is 43.3 Å². The maximum Gasteiger partial charge on any atom is 0.314 e. The molecule has 0 saturated carbocycles. The Morgan fingerprint density at radius 2 is 1.75 bits per heavy atom. The number of anilines is 1. The van der Waals surface area contributed by atoms with Gasteiger partial charge < -0.3 is 10.6 Å². The third-order valence-electron chi connectivity index (χ3n) is 2.63. The summed E-state index contributed by atoms with van der Waals surface area (Å²) in [5.74, 6) is -1.04. The number of carbonyl (C=O) groups is 2. The van der Waals surface area contributed by atoms with Crippen LogP contribution in [-0.4, -0.2) is 16.8 Å². The number of amides is 2. The Kier molecular flexibility index (Phi) is 4.44. The summed E-state index contributed by atoms with van der Waals surface area (Å²) in [5.41, 5.74) is 1.70. The van der Waals surface area contributed by atoms with E-state index in [1.165, 1.54) is 0 Å². The van der Waals surface area contributed by atoms with Crippen molar-refractivity contribution < 1.29 is 9.59 Å². The molecule has 5 nitrogen and oxygen atoms in total. The number of pyridine rings is 1. The minimum absolute atomic E-state index is 0.314. The predicted molar refractivity (Wildman–Crippen MR) is 75.9 cm³/mol. The third-order valence-corrected chi connectivity index (χ3v) is 2.63. The molecule has 0 aliphatic heterocycles. The minimum atomic E-state index is -0.723. The second-order valence-corrected chi connectivity index (χ2v) is 4.29. The van der Waals surface area contributed by atoms with Crippen molar-refractivity contribution in [2.45, 2.75) is 13.5 Å². The lowest BCUT2D eigenvalue weighted by molar-refractivity contribution is -0.136. The summed E-state index contributed by atoms with van der Waals surface area (Å²) in [4.78, 5) is 27.4. The van der Waals surface area contributed by atoms with Gasteiger partial charge in [-0.2, -0.15) is 0 Å². The average molecular weight is 269 g/mol. The predicted octanol–water partition coefficient (Wildman–Crippen LogP) is 1.64. The minimum Gasteiger partial charge on any atom is -0.344 e. The van der Waals surface area contributed by atoms with Gasteiger partial charge in [-0.25, -0.2) is 4.98 Å². The molecule has 0 saturated heterocycles. The van der Waals surface area contributed by atoms with Crippen LogP contribution in [0.3, 0.4) is 0 Å². The Hall–Kier alpha value is -2.69. The number of aromatic nitrogens is 1. The standard InChI is InChI=1S/C15H15N3O2/c1-11-6-5-9-13(17-11)18-15(20)14(19)16-10-12-7-3-2-4-8-12/h2-9H,10H2,1H3,(H,16,19)(H,17,18,20). The second-order valence-electron chi connectivity index (χ2n) is 4.29. The van der Waals surface area contributed by atoms with Crippen LogP contribution in [0.15, 0.2) is 48.5 Å². The highest BCUT2D eigenvalue weighted by Gasteiger charge is 2.13. The topological polar surface area (TPSA) is 71.1 Å². The Balaban J connectivity index is 1.88.